The number of aryl methyl sites for hydroxylation is 1. The minimum atomic E-state index is 0.376. The summed E-state index contributed by atoms with van der Waals surface area (Å²) in [6, 6.07) is 7.78. The number of alkyl halides is 1. The highest BCUT2D eigenvalue weighted by Gasteiger charge is 2.13. The molecule has 0 atom stereocenters. The van der Waals surface area contributed by atoms with Crippen molar-refractivity contribution in [1.29, 1.82) is 0 Å². The van der Waals surface area contributed by atoms with Gasteiger partial charge in [0.1, 0.15) is 5.15 Å². The lowest BCUT2D eigenvalue weighted by Gasteiger charge is -2.03. The molecule has 0 bridgehead atoms. The molecule has 2 rings (SSSR count). The molecular weight excluding hydrogens is 311 g/mol. The molecule has 16 heavy (non-hydrogen) atoms. The molecule has 0 aliphatic heterocycles. The zero-order valence-corrected chi connectivity index (χ0v) is 11.6. The van der Waals surface area contributed by atoms with E-state index in [2.05, 4.69) is 21.0 Å². The Kier molecular flexibility index (Phi) is 3.57. The molecule has 0 spiro atoms. The first-order valence-corrected chi connectivity index (χ1v) is 6.40. The molecule has 1 aromatic heterocycles. The van der Waals surface area contributed by atoms with Crippen LogP contribution in [0, 0.1) is 6.92 Å². The summed E-state index contributed by atoms with van der Waals surface area (Å²) in [6.45, 7) is 1.90. The van der Waals surface area contributed by atoms with Crippen LogP contribution in [0.1, 0.15) is 11.3 Å². The highest BCUT2D eigenvalue weighted by molar-refractivity contribution is 9.10. The average molecular weight is 320 g/mol. The Labute approximate surface area is 112 Å². The van der Waals surface area contributed by atoms with E-state index in [-0.39, 0.29) is 0 Å². The third kappa shape index (κ3) is 2.12. The second-order valence-corrected chi connectivity index (χ2v) is 4.92. The van der Waals surface area contributed by atoms with Crippen molar-refractivity contribution in [3.8, 4) is 5.69 Å². The minimum Gasteiger partial charge on any atom is -0.222 e. The third-order valence-corrected chi connectivity index (χ3v) is 3.51. The molecule has 0 amide bonds. The monoisotopic (exact) mass is 318 g/mol. The Bertz CT molecular complexity index is 505. The van der Waals surface area contributed by atoms with E-state index in [0.717, 1.165) is 21.4 Å². The Morgan fingerprint density at radius 1 is 1.31 bits per heavy atom. The van der Waals surface area contributed by atoms with E-state index in [9.17, 15) is 0 Å². The quantitative estimate of drug-likeness (QED) is 0.753. The van der Waals surface area contributed by atoms with E-state index in [1.54, 1.807) is 4.68 Å². The highest BCUT2D eigenvalue weighted by atomic mass is 79.9. The van der Waals surface area contributed by atoms with Crippen molar-refractivity contribution in [2.75, 3.05) is 0 Å². The van der Waals surface area contributed by atoms with Gasteiger partial charge in [-0.05, 0) is 31.2 Å². The van der Waals surface area contributed by atoms with Crippen molar-refractivity contribution in [3.05, 3.63) is 45.1 Å². The Morgan fingerprint density at radius 2 is 1.94 bits per heavy atom. The zero-order valence-electron chi connectivity index (χ0n) is 8.54. The molecule has 1 aromatic carbocycles. The van der Waals surface area contributed by atoms with Gasteiger partial charge >= 0.3 is 0 Å². The number of hydrogen-bond donors (Lipinski definition) is 0. The van der Waals surface area contributed by atoms with Crippen LogP contribution in [0.4, 0.5) is 0 Å². The molecule has 1 heterocycles. The van der Waals surface area contributed by atoms with Gasteiger partial charge in [-0.25, -0.2) is 4.68 Å². The summed E-state index contributed by atoms with van der Waals surface area (Å²) in [7, 11) is 0. The highest BCUT2D eigenvalue weighted by Crippen LogP contribution is 2.25. The molecule has 0 aliphatic rings. The largest absolute Gasteiger partial charge is 0.222 e. The van der Waals surface area contributed by atoms with Crippen molar-refractivity contribution in [3.63, 3.8) is 0 Å². The Morgan fingerprint density at radius 3 is 2.44 bits per heavy atom. The van der Waals surface area contributed by atoms with E-state index in [4.69, 9.17) is 23.2 Å². The summed E-state index contributed by atoms with van der Waals surface area (Å²) in [5.41, 5.74) is 2.67. The van der Waals surface area contributed by atoms with Gasteiger partial charge in [-0.1, -0.05) is 27.5 Å². The van der Waals surface area contributed by atoms with E-state index in [1.807, 2.05) is 31.2 Å². The topological polar surface area (TPSA) is 17.8 Å². The maximum atomic E-state index is 6.21. The number of benzene rings is 1. The maximum absolute atomic E-state index is 6.21. The van der Waals surface area contributed by atoms with E-state index in [1.165, 1.54) is 0 Å². The van der Waals surface area contributed by atoms with E-state index >= 15 is 0 Å². The molecule has 0 saturated heterocycles. The fourth-order valence-corrected chi connectivity index (χ4v) is 2.43. The fourth-order valence-electron chi connectivity index (χ4n) is 1.44. The maximum Gasteiger partial charge on any atom is 0.137 e. The van der Waals surface area contributed by atoms with Crippen LogP contribution in [-0.4, -0.2) is 9.78 Å². The number of aromatic nitrogens is 2. The summed E-state index contributed by atoms with van der Waals surface area (Å²) in [6.07, 6.45) is 0. The normalized spacial score (nSPS) is 10.8. The van der Waals surface area contributed by atoms with Crippen molar-refractivity contribution >= 4 is 39.1 Å². The predicted molar refractivity (Wildman–Crippen MR) is 70.6 cm³/mol. The molecule has 2 nitrogen and oxygen atoms in total. The van der Waals surface area contributed by atoms with Crippen LogP contribution in [0.25, 0.3) is 5.69 Å². The molecule has 0 unspecified atom stereocenters. The lowest BCUT2D eigenvalue weighted by molar-refractivity contribution is 0.863. The molecule has 5 heteroatoms. The van der Waals surface area contributed by atoms with Crippen LogP contribution >= 0.6 is 39.1 Å². The van der Waals surface area contributed by atoms with E-state index < -0.39 is 0 Å². The lowest BCUT2D eigenvalue weighted by Crippen LogP contribution is -1.96. The minimum absolute atomic E-state index is 0.376. The first-order chi connectivity index (χ1) is 7.63. The third-order valence-electron chi connectivity index (χ3n) is 2.33. The van der Waals surface area contributed by atoms with Gasteiger partial charge in [-0.3, -0.25) is 0 Å². The summed E-state index contributed by atoms with van der Waals surface area (Å²) in [4.78, 5) is 0. The average Bonchev–Trinajstić information content (AvgIpc) is 2.55. The fraction of sp³-hybridized carbons (Fsp3) is 0.182. The number of hydrogen-bond acceptors (Lipinski definition) is 1. The van der Waals surface area contributed by atoms with Crippen LogP contribution in [0.5, 0.6) is 0 Å². The molecule has 0 saturated carbocycles. The van der Waals surface area contributed by atoms with Crippen LogP contribution in [0.15, 0.2) is 28.7 Å². The first kappa shape index (κ1) is 12.0. The van der Waals surface area contributed by atoms with E-state index in [0.29, 0.717) is 11.0 Å². The van der Waals surface area contributed by atoms with Gasteiger partial charge in [0.2, 0.25) is 0 Å². The Balaban J connectivity index is 2.52. The summed E-state index contributed by atoms with van der Waals surface area (Å²) < 4.78 is 2.72. The molecule has 0 fully saturated rings. The molecule has 0 aliphatic carbocycles. The molecule has 0 N–H and O–H groups in total. The lowest BCUT2D eigenvalue weighted by atomic mass is 10.3. The number of halogens is 3. The van der Waals surface area contributed by atoms with Gasteiger partial charge in [-0.15, -0.1) is 11.6 Å². The van der Waals surface area contributed by atoms with Crippen molar-refractivity contribution in [2.45, 2.75) is 12.8 Å². The van der Waals surface area contributed by atoms with Gasteiger partial charge in [0, 0.05) is 10.0 Å². The van der Waals surface area contributed by atoms with Gasteiger partial charge in [0.15, 0.2) is 0 Å². The molecule has 0 radical (unpaired) electrons. The van der Waals surface area contributed by atoms with Gasteiger partial charge in [0.05, 0.1) is 17.3 Å². The molecular formula is C11H9BrCl2N2. The van der Waals surface area contributed by atoms with Gasteiger partial charge in [-0.2, -0.15) is 5.10 Å². The smallest absolute Gasteiger partial charge is 0.137 e. The first-order valence-electron chi connectivity index (χ1n) is 4.69. The standard InChI is InChI=1S/C11H9BrCl2N2/c1-7-10(6-13)11(14)16(15-7)9-4-2-8(12)3-5-9/h2-5H,6H2,1H3. The SMILES string of the molecule is Cc1nn(-c2ccc(Br)cc2)c(Cl)c1CCl. The number of rotatable bonds is 2. The summed E-state index contributed by atoms with van der Waals surface area (Å²) in [5.74, 6) is 0.376. The Hall–Kier alpha value is -0.510. The number of nitrogens with zero attached hydrogens (tertiary/aromatic N) is 2. The van der Waals surface area contributed by atoms with Crippen LogP contribution < -0.4 is 0 Å². The van der Waals surface area contributed by atoms with Crippen LogP contribution in [-0.2, 0) is 5.88 Å². The van der Waals surface area contributed by atoms with Crippen LogP contribution in [0.3, 0.4) is 0 Å². The zero-order chi connectivity index (χ0) is 11.7. The van der Waals surface area contributed by atoms with Crippen molar-refractivity contribution in [2.24, 2.45) is 0 Å². The van der Waals surface area contributed by atoms with Gasteiger partial charge < -0.3 is 0 Å². The predicted octanol–water partition coefficient (Wildman–Crippen LogP) is 4.34. The second-order valence-electron chi connectivity index (χ2n) is 3.38. The molecule has 2 aromatic rings. The van der Waals surface area contributed by atoms with Crippen molar-refractivity contribution < 1.29 is 0 Å². The van der Waals surface area contributed by atoms with Crippen molar-refractivity contribution in [1.82, 2.24) is 9.78 Å². The summed E-state index contributed by atoms with van der Waals surface area (Å²) >= 11 is 15.4. The second kappa shape index (κ2) is 4.78. The van der Waals surface area contributed by atoms with Crippen LogP contribution in [0.2, 0.25) is 5.15 Å². The molecule has 84 valence electrons. The van der Waals surface area contributed by atoms with Gasteiger partial charge in [0.25, 0.3) is 0 Å². The summed E-state index contributed by atoms with van der Waals surface area (Å²) in [5, 5.41) is 4.94.